The van der Waals surface area contributed by atoms with Crippen LogP contribution in [0.1, 0.15) is 26.2 Å². The Balaban J connectivity index is 1.66. The first-order chi connectivity index (χ1) is 16.2. The van der Waals surface area contributed by atoms with Gasteiger partial charge in [0.15, 0.2) is 11.5 Å². The zero-order valence-corrected chi connectivity index (χ0v) is 19.2. The molecule has 33 heavy (non-hydrogen) atoms. The normalized spacial score (nSPS) is 14.5. The lowest BCUT2D eigenvalue weighted by Gasteiger charge is -2.22. The Morgan fingerprint density at radius 2 is 1.97 bits per heavy atom. The highest BCUT2D eigenvalue weighted by molar-refractivity contribution is 5.78. The van der Waals surface area contributed by atoms with Crippen LogP contribution in [0.5, 0.6) is 5.88 Å². The molecule has 1 aliphatic rings. The Bertz CT molecular complexity index is 1110. The van der Waals surface area contributed by atoms with Gasteiger partial charge < -0.3 is 19.5 Å². The van der Waals surface area contributed by atoms with Crippen molar-refractivity contribution >= 4 is 17.0 Å². The van der Waals surface area contributed by atoms with Crippen molar-refractivity contribution in [1.82, 2.24) is 19.5 Å². The lowest BCUT2D eigenvalue weighted by molar-refractivity contribution is 0.0699. The Hall–Kier alpha value is -3.04. The molecular formula is C24H31N5O4. The first-order valence-corrected chi connectivity index (χ1v) is 11.5. The van der Waals surface area contributed by atoms with Crippen LogP contribution in [-0.2, 0) is 16.0 Å². The zero-order chi connectivity index (χ0) is 23.0. The standard InChI is InChI=1S/C24H31N5O4/c1-3-9-32-12-8-29-20-13-19(18-4-5-21(31-2)25-15-18)16-27-22(20)28-23(24(29)30)26-14-17-6-10-33-11-7-17/h4-5,13,15-17H,3,6-12,14H2,1-2H3,(H,26,27,28). The quantitative estimate of drug-likeness (QED) is 0.468. The Morgan fingerprint density at radius 3 is 2.70 bits per heavy atom. The van der Waals surface area contributed by atoms with E-state index >= 15 is 0 Å². The number of fused-ring (bicyclic) bond motifs is 1. The van der Waals surface area contributed by atoms with Crippen LogP contribution in [0.25, 0.3) is 22.3 Å². The van der Waals surface area contributed by atoms with Gasteiger partial charge in [-0.2, -0.15) is 0 Å². The van der Waals surface area contributed by atoms with Gasteiger partial charge >= 0.3 is 0 Å². The molecule has 0 spiro atoms. The number of ether oxygens (including phenoxy) is 3. The fourth-order valence-electron chi connectivity index (χ4n) is 3.88. The third-order valence-electron chi connectivity index (χ3n) is 5.79. The maximum Gasteiger partial charge on any atom is 0.293 e. The fraction of sp³-hybridized carbons (Fsp3) is 0.500. The summed E-state index contributed by atoms with van der Waals surface area (Å²) in [5.74, 6) is 1.34. The van der Waals surface area contributed by atoms with Gasteiger partial charge in [0, 0.05) is 62.5 Å². The first kappa shape index (κ1) is 23.1. The number of methoxy groups -OCH3 is 1. The van der Waals surface area contributed by atoms with Crippen LogP contribution in [0.3, 0.4) is 0 Å². The summed E-state index contributed by atoms with van der Waals surface area (Å²) in [6, 6.07) is 5.65. The monoisotopic (exact) mass is 453 g/mol. The highest BCUT2D eigenvalue weighted by Crippen LogP contribution is 2.23. The van der Waals surface area contributed by atoms with Crippen LogP contribution in [0.4, 0.5) is 5.82 Å². The molecule has 176 valence electrons. The number of pyridine rings is 2. The van der Waals surface area contributed by atoms with Crippen molar-refractivity contribution in [2.24, 2.45) is 5.92 Å². The van der Waals surface area contributed by atoms with Crippen molar-refractivity contribution in [1.29, 1.82) is 0 Å². The predicted molar refractivity (Wildman–Crippen MR) is 127 cm³/mol. The Kier molecular flexibility index (Phi) is 7.85. The number of nitrogens with zero attached hydrogens (tertiary/aromatic N) is 4. The summed E-state index contributed by atoms with van der Waals surface area (Å²) in [6.07, 6.45) is 6.38. The molecule has 0 unspecified atom stereocenters. The molecule has 0 bridgehead atoms. The van der Waals surface area contributed by atoms with Crippen LogP contribution in [0.15, 0.2) is 35.4 Å². The molecule has 0 saturated carbocycles. The molecule has 4 heterocycles. The summed E-state index contributed by atoms with van der Waals surface area (Å²) in [5.41, 5.74) is 2.76. The van der Waals surface area contributed by atoms with Crippen LogP contribution in [0, 0.1) is 5.92 Å². The molecule has 1 saturated heterocycles. The zero-order valence-electron chi connectivity index (χ0n) is 19.2. The van der Waals surface area contributed by atoms with Gasteiger partial charge in [0.05, 0.1) is 19.2 Å². The average Bonchev–Trinajstić information content (AvgIpc) is 2.87. The molecule has 1 aliphatic heterocycles. The summed E-state index contributed by atoms with van der Waals surface area (Å²) in [7, 11) is 1.58. The minimum Gasteiger partial charge on any atom is -0.481 e. The van der Waals surface area contributed by atoms with Gasteiger partial charge in [0.25, 0.3) is 5.56 Å². The number of hydrogen-bond donors (Lipinski definition) is 1. The van der Waals surface area contributed by atoms with Crippen LogP contribution in [-0.4, -0.2) is 59.6 Å². The van der Waals surface area contributed by atoms with Crippen LogP contribution >= 0.6 is 0 Å². The number of aromatic nitrogens is 4. The lowest BCUT2D eigenvalue weighted by atomic mass is 10.0. The second-order valence-electron chi connectivity index (χ2n) is 8.12. The van der Waals surface area contributed by atoms with E-state index in [9.17, 15) is 4.79 Å². The second-order valence-corrected chi connectivity index (χ2v) is 8.12. The molecule has 0 aliphatic carbocycles. The predicted octanol–water partition coefficient (Wildman–Crippen LogP) is 3.13. The third kappa shape index (κ3) is 5.66. The van der Waals surface area contributed by atoms with Gasteiger partial charge in [-0.3, -0.25) is 9.36 Å². The minimum absolute atomic E-state index is 0.165. The van der Waals surface area contributed by atoms with Crippen molar-refractivity contribution in [3.8, 4) is 17.0 Å². The minimum atomic E-state index is -0.165. The van der Waals surface area contributed by atoms with Crippen molar-refractivity contribution in [3.05, 3.63) is 40.9 Å². The molecular weight excluding hydrogens is 422 g/mol. The maximum atomic E-state index is 13.4. The summed E-state index contributed by atoms with van der Waals surface area (Å²) >= 11 is 0. The van der Waals surface area contributed by atoms with Gasteiger partial charge in [-0.05, 0) is 37.3 Å². The van der Waals surface area contributed by atoms with E-state index < -0.39 is 0 Å². The highest BCUT2D eigenvalue weighted by atomic mass is 16.5. The van der Waals surface area contributed by atoms with Crippen molar-refractivity contribution in [3.63, 3.8) is 0 Å². The molecule has 3 aromatic heterocycles. The lowest BCUT2D eigenvalue weighted by Crippen LogP contribution is -2.30. The molecule has 0 atom stereocenters. The molecule has 4 rings (SSSR count). The topological polar surface area (TPSA) is 100 Å². The number of anilines is 1. The van der Waals surface area contributed by atoms with E-state index in [4.69, 9.17) is 14.2 Å². The van der Waals surface area contributed by atoms with E-state index in [0.29, 0.717) is 55.1 Å². The number of hydrogen-bond acceptors (Lipinski definition) is 8. The van der Waals surface area contributed by atoms with Gasteiger partial charge in [0.2, 0.25) is 5.88 Å². The molecule has 9 nitrogen and oxygen atoms in total. The van der Waals surface area contributed by atoms with Crippen molar-refractivity contribution in [2.45, 2.75) is 32.7 Å². The highest BCUT2D eigenvalue weighted by Gasteiger charge is 2.17. The average molecular weight is 454 g/mol. The molecule has 0 radical (unpaired) electrons. The van der Waals surface area contributed by atoms with E-state index in [1.165, 1.54) is 0 Å². The van der Waals surface area contributed by atoms with E-state index in [0.717, 1.165) is 43.6 Å². The van der Waals surface area contributed by atoms with Crippen LogP contribution in [0.2, 0.25) is 0 Å². The smallest absolute Gasteiger partial charge is 0.293 e. The Labute approximate surface area is 193 Å². The second kappa shape index (κ2) is 11.2. The molecule has 0 aromatic carbocycles. The number of nitrogens with one attached hydrogen (secondary N) is 1. The molecule has 1 N–H and O–H groups in total. The van der Waals surface area contributed by atoms with Crippen molar-refractivity contribution < 1.29 is 14.2 Å². The SMILES string of the molecule is CCCOCCn1c(=O)c(NCC2CCOCC2)nc2ncc(-c3ccc(OC)nc3)cc21. The van der Waals surface area contributed by atoms with Gasteiger partial charge in [0.1, 0.15) is 0 Å². The molecule has 3 aromatic rings. The van der Waals surface area contributed by atoms with Gasteiger partial charge in [-0.1, -0.05) is 6.92 Å². The van der Waals surface area contributed by atoms with E-state index in [2.05, 4.69) is 27.2 Å². The summed E-state index contributed by atoms with van der Waals surface area (Å²) in [4.78, 5) is 26.8. The summed E-state index contributed by atoms with van der Waals surface area (Å²) in [5, 5.41) is 3.27. The van der Waals surface area contributed by atoms with E-state index in [1.54, 1.807) is 30.1 Å². The van der Waals surface area contributed by atoms with E-state index in [-0.39, 0.29) is 5.56 Å². The van der Waals surface area contributed by atoms with E-state index in [1.807, 2.05) is 12.1 Å². The third-order valence-corrected chi connectivity index (χ3v) is 5.79. The molecule has 1 fully saturated rings. The first-order valence-electron chi connectivity index (χ1n) is 11.5. The van der Waals surface area contributed by atoms with Gasteiger partial charge in [-0.15, -0.1) is 0 Å². The maximum absolute atomic E-state index is 13.4. The molecule has 9 heteroatoms. The summed E-state index contributed by atoms with van der Waals surface area (Å²) in [6.45, 7) is 5.82. The number of rotatable bonds is 10. The largest absolute Gasteiger partial charge is 0.481 e. The fourth-order valence-corrected chi connectivity index (χ4v) is 3.88. The molecule has 0 amide bonds. The van der Waals surface area contributed by atoms with Crippen molar-refractivity contribution in [2.75, 3.05) is 45.4 Å². The summed E-state index contributed by atoms with van der Waals surface area (Å²) < 4.78 is 18.0. The Morgan fingerprint density at radius 1 is 1.15 bits per heavy atom. The van der Waals surface area contributed by atoms with Crippen LogP contribution < -0.4 is 15.6 Å². The van der Waals surface area contributed by atoms with Gasteiger partial charge in [-0.25, -0.2) is 15.0 Å².